The van der Waals surface area contributed by atoms with Crippen LogP contribution in [0.2, 0.25) is 0 Å². The minimum absolute atomic E-state index is 0.0555. The number of fused-ring (bicyclic) bond motifs is 1. The summed E-state index contributed by atoms with van der Waals surface area (Å²) in [5, 5.41) is 2.73. The highest BCUT2D eigenvalue weighted by molar-refractivity contribution is 5.86. The lowest BCUT2D eigenvalue weighted by atomic mass is 10.1. The topological polar surface area (TPSA) is 59.4 Å². The molecule has 0 spiro atoms. The highest BCUT2D eigenvalue weighted by atomic mass is 19.4. The molecule has 1 N–H and O–H groups in total. The smallest absolute Gasteiger partial charge is 0.383 e. The fraction of sp³-hybridized carbons (Fsp3) is 0.259. The molecule has 0 unspecified atom stereocenters. The summed E-state index contributed by atoms with van der Waals surface area (Å²) in [5.41, 5.74) is -0.537. The SMILES string of the molecule is COC[C@@H]1CCCN1c1cc(C(F)(F)F)c2c(=O)cc(Nc3ccccc3)n(-c3ccccc3)c2n1. The molecule has 1 atom stereocenters. The zero-order chi connectivity index (χ0) is 25.3. The van der Waals surface area contributed by atoms with Crippen LogP contribution < -0.4 is 15.6 Å². The largest absolute Gasteiger partial charge is 0.417 e. The summed E-state index contributed by atoms with van der Waals surface area (Å²) in [4.78, 5) is 19.8. The molecule has 36 heavy (non-hydrogen) atoms. The van der Waals surface area contributed by atoms with Gasteiger partial charge in [-0.25, -0.2) is 4.98 Å². The molecule has 9 heteroatoms. The lowest BCUT2D eigenvalue weighted by molar-refractivity contribution is -0.136. The number of halogens is 3. The third-order valence-electron chi connectivity index (χ3n) is 6.35. The van der Waals surface area contributed by atoms with Gasteiger partial charge in [0.05, 0.1) is 23.6 Å². The van der Waals surface area contributed by atoms with Gasteiger partial charge in [-0.15, -0.1) is 0 Å². The summed E-state index contributed by atoms with van der Waals surface area (Å²) < 4.78 is 49.9. The van der Waals surface area contributed by atoms with Gasteiger partial charge in [-0.3, -0.25) is 9.36 Å². The Labute approximate surface area is 206 Å². The van der Waals surface area contributed by atoms with Crippen LogP contribution in [-0.4, -0.2) is 35.9 Å². The Bertz CT molecular complexity index is 1420. The van der Waals surface area contributed by atoms with E-state index in [1.54, 1.807) is 35.9 Å². The number of benzene rings is 2. The first-order valence-electron chi connectivity index (χ1n) is 11.7. The van der Waals surface area contributed by atoms with Crippen molar-refractivity contribution in [3.05, 3.63) is 88.6 Å². The Morgan fingerprint density at radius 1 is 1.06 bits per heavy atom. The van der Waals surface area contributed by atoms with Gasteiger partial charge in [0.25, 0.3) is 0 Å². The summed E-state index contributed by atoms with van der Waals surface area (Å²) in [6.45, 7) is 0.934. The summed E-state index contributed by atoms with van der Waals surface area (Å²) in [7, 11) is 1.57. The molecule has 0 saturated carbocycles. The summed E-state index contributed by atoms with van der Waals surface area (Å²) >= 11 is 0. The summed E-state index contributed by atoms with van der Waals surface area (Å²) in [5.74, 6) is 0.493. The van der Waals surface area contributed by atoms with E-state index in [0.717, 1.165) is 18.9 Å². The number of nitrogens with one attached hydrogen (secondary N) is 1. The number of methoxy groups -OCH3 is 1. The lowest BCUT2D eigenvalue weighted by Crippen LogP contribution is -2.34. The van der Waals surface area contributed by atoms with Crippen LogP contribution >= 0.6 is 0 Å². The van der Waals surface area contributed by atoms with Gasteiger partial charge < -0.3 is 15.0 Å². The molecular weight excluding hydrogens is 469 g/mol. The second-order valence-electron chi connectivity index (χ2n) is 8.72. The highest BCUT2D eigenvalue weighted by Gasteiger charge is 2.37. The quantitative estimate of drug-likeness (QED) is 0.369. The van der Waals surface area contributed by atoms with E-state index in [1.807, 2.05) is 41.3 Å². The predicted molar refractivity (Wildman–Crippen MR) is 134 cm³/mol. The zero-order valence-electron chi connectivity index (χ0n) is 19.6. The van der Waals surface area contributed by atoms with E-state index in [-0.39, 0.29) is 17.5 Å². The molecule has 3 heterocycles. The van der Waals surface area contributed by atoms with Gasteiger partial charge in [-0.1, -0.05) is 36.4 Å². The number of rotatable bonds is 6. The molecule has 2 aromatic carbocycles. The summed E-state index contributed by atoms with van der Waals surface area (Å²) in [6.07, 6.45) is -3.14. The van der Waals surface area contributed by atoms with Crippen molar-refractivity contribution in [2.45, 2.75) is 25.1 Å². The Hall–Kier alpha value is -3.85. The fourth-order valence-corrected chi connectivity index (χ4v) is 4.77. The van der Waals surface area contributed by atoms with Gasteiger partial charge >= 0.3 is 6.18 Å². The third kappa shape index (κ3) is 4.54. The van der Waals surface area contributed by atoms with E-state index in [4.69, 9.17) is 9.72 Å². The maximum Gasteiger partial charge on any atom is 0.417 e. The number of hydrogen-bond donors (Lipinski definition) is 1. The number of aromatic nitrogens is 2. The average molecular weight is 495 g/mol. The van der Waals surface area contributed by atoms with Crippen molar-refractivity contribution in [1.82, 2.24) is 9.55 Å². The average Bonchev–Trinajstić information content (AvgIpc) is 3.33. The van der Waals surface area contributed by atoms with Crippen LogP contribution in [-0.2, 0) is 10.9 Å². The number of ether oxygens (including phenoxy) is 1. The predicted octanol–water partition coefficient (Wildman–Crippen LogP) is 5.76. The second kappa shape index (κ2) is 9.66. The molecule has 2 aromatic heterocycles. The van der Waals surface area contributed by atoms with Crippen molar-refractivity contribution in [2.24, 2.45) is 0 Å². The molecule has 5 rings (SSSR count). The van der Waals surface area contributed by atoms with Gasteiger partial charge in [-0.2, -0.15) is 13.2 Å². The molecular formula is C27H25F3N4O2. The number of para-hydroxylation sites is 2. The molecule has 1 saturated heterocycles. The van der Waals surface area contributed by atoms with Crippen LogP contribution in [0.1, 0.15) is 18.4 Å². The van der Waals surface area contributed by atoms with E-state index in [0.29, 0.717) is 30.3 Å². The second-order valence-corrected chi connectivity index (χ2v) is 8.72. The lowest BCUT2D eigenvalue weighted by Gasteiger charge is -2.27. The summed E-state index contributed by atoms with van der Waals surface area (Å²) in [6, 6.07) is 20.2. The Balaban J connectivity index is 1.83. The van der Waals surface area contributed by atoms with Crippen LogP contribution in [0.5, 0.6) is 0 Å². The van der Waals surface area contributed by atoms with Crippen LogP contribution in [0.4, 0.5) is 30.5 Å². The number of nitrogens with zero attached hydrogens (tertiary/aromatic N) is 3. The first-order valence-corrected chi connectivity index (χ1v) is 11.7. The van der Waals surface area contributed by atoms with Crippen LogP contribution in [0.15, 0.2) is 77.6 Å². The van der Waals surface area contributed by atoms with Crippen LogP contribution in [0.3, 0.4) is 0 Å². The molecule has 1 aliphatic rings. The van der Waals surface area contributed by atoms with Crippen molar-refractivity contribution in [1.29, 1.82) is 0 Å². The standard InChI is InChI=1S/C27H25F3N4O2/c1-36-17-20-13-8-14-33(20)23-15-21(27(28,29)30)25-22(35)16-24(31-18-9-4-2-5-10-18)34(26(25)32-23)19-11-6-3-7-12-19/h2-7,9-12,15-16,20,31H,8,13-14,17H2,1H3/t20-/m0/s1. The molecule has 1 aliphatic heterocycles. The monoisotopic (exact) mass is 494 g/mol. The fourth-order valence-electron chi connectivity index (χ4n) is 4.77. The maximum atomic E-state index is 14.4. The molecule has 0 aliphatic carbocycles. The Morgan fingerprint density at radius 2 is 1.75 bits per heavy atom. The van der Waals surface area contributed by atoms with Crippen molar-refractivity contribution in [2.75, 3.05) is 30.5 Å². The molecule has 186 valence electrons. The van der Waals surface area contributed by atoms with E-state index in [9.17, 15) is 18.0 Å². The number of pyridine rings is 2. The van der Waals surface area contributed by atoms with Crippen molar-refractivity contribution in [3.8, 4) is 5.69 Å². The van der Waals surface area contributed by atoms with Gasteiger partial charge in [0.2, 0.25) is 0 Å². The molecule has 0 amide bonds. The molecule has 0 radical (unpaired) electrons. The molecule has 4 aromatic rings. The van der Waals surface area contributed by atoms with E-state index in [2.05, 4.69) is 5.32 Å². The normalized spacial score (nSPS) is 16.0. The highest BCUT2D eigenvalue weighted by Crippen LogP contribution is 2.38. The zero-order valence-corrected chi connectivity index (χ0v) is 19.6. The van der Waals surface area contributed by atoms with Gasteiger partial charge in [0, 0.05) is 31.1 Å². The third-order valence-corrected chi connectivity index (χ3v) is 6.35. The van der Waals surface area contributed by atoms with Crippen molar-refractivity contribution in [3.63, 3.8) is 0 Å². The van der Waals surface area contributed by atoms with E-state index >= 15 is 0 Å². The number of anilines is 3. The van der Waals surface area contributed by atoms with Gasteiger partial charge in [0.15, 0.2) is 11.1 Å². The van der Waals surface area contributed by atoms with Gasteiger partial charge in [-0.05, 0) is 43.2 Å². The molecule has 0 bridgehead atoms. The van der Waals surface area contributed by atoms with Crippen molar-refractivity contribution >= 4 is 28.4 Å². The van der Waals surface area contributed by atoms with E-state index < -0.39 is 22.6 Å². The van der Waals surface area contributed by atoms with E-state index in [1.165, 1.54) is 6.07 Å². The number of alkyl halides is 3. The van der Waals surface area contributed by atoms with Gasteiger partial charge in [0.1, 0.15) is 11.6 Å². The first-order chi connectivity index (χ1) is 17.4. The molecule has 1 fully saturated rings. The van der Waals surface area contributed by atoms with Crippen LogP contribution in [0, 0.1) is 0 Å². The van der Waals surface area contributed by atoms with Crippen molar-refractivity contribution < 1.29 is 17.9 Å². The number of hydrogen-bond acceptors (Lipinski definition) is 5. The Morgan fingerprint density at radius 3 is 2.42 bits per heavy atom. The van der Waals surface area contributed by atoms with Crippen LogP contribution in [0.25, 0.3) is 16.7 Å². The molecule has 6 nitrogen and oxygen atoms in total. The first kappa shape index (κ1) is 23.9. The maximum absolute atomic E-state index is 14.4. The Kier molecular flexibility index (Phi) is 6.40. The minimum Gasteiger partial charge on any atom is -0.383 e. The minimum atomic E-state index is -4.74.